The fraction of sp³-hybridized carbons (Fsp3) is 0.571. The molecule has 0 spiro atoms. The fourth-order valence-electron chi connectivity index (χ4n) is 1.78. The van der Waals surface area contributed by atoms with Gasteiger partial charge < -0.3 is 15.2 Å². The molecule has 0 saturated carbocycles. The molecule has 2 atom stereocenters. The molecular formula is C14H22ClNO2. The zero-order chi connectivity index (χ0) is 13.4. The molecular weight excluding hydrogens is 250 g/mol. The first-order valence-electron chi connectivity index (χ1n) is 6.31. The van der Waals surface area contributed by atoms with Crippen LogP contribution >= 0.6 is 11.6 Å². The van der Waals surface area contributed by atoms with E-state index in [0.717, 1.165) is 18.4 Å². The molecule has 0 aliphatic carbocycles. The van der Waals surface area contributed by atoms with Crippen molar-refractivity contribution in [3.8, 4) is 0 Å². The van der Waals surface area contributed by atoms with Gasteiger partial charge in [-0.2, -0.15) is 0 Å². The number of rotatable bonds is 8. The lowest BCUT2D eigenvalue weighted by atomic mass is 10.0. The monoisotopic (exact) mass is 271 g/mol. The summed E-state index contributed by atoms with van der Waals surface area (Å²) in [6.07, 6.45) is 1.55. The van der Waals surface area contributed by atoms with Crippen molar-refractivity contribution in [3.05, 3.63) is 34.9 Å². The molecule has 2 unspecified atom stereocenters. The molecule has 0 amide bonds. The van der Waals surface area contributed by atoms with Crippen LogP contribution in [0.25, 0.3) is 0 Å². The van der Waals surface area contributed by atoms with Crippen LogP contribution < -0.4 is 5.73 Å². The van der Waals surface area contributed by atoms with E-state index in [-0.39, 0.29) is 12.1 Å². The maximum atomic E-state index is 6.20. The molecule has 102 valence electrons. The van der Waals surface area contributed by atoms with Crippen molar-refractivity contribution >= 4 is 11.6 Å². The van der Waals surface area contributed by atoms with Crippen LogP contribution in [0.3, 0.4) is 0 Å². The fourth-order valence-corrected chi connectivity index (χ4v) is 2.02. The second-order valence-electron chi connectivity index (χ2n) is 4.23. The van der Waals surface area contributed by atoms with Crippen LogP contribution in [-0.2, 0) is 9.47 Å². The summed E-state index contributed by atoms with van der Waals surface area (Å²) >= 11 is 6.20. The van der Waals surface area contributed by atoms with E-state index in [0.29, 0.717) is 18.2 Å². The van der Waals surface area contributed by atoms with Crippen molar-refractivity contribution in [3.63, 3.8) is 0 Å². The highest BCUT2D eigenvalue weighted by Gasteiger charge is 2.21. The molecule has 3 nitrogen and oxygen atoms in total. The minimum Gasteiger partial charge on any atom is -0.385 e. The van der Waals surface area contributed by atoms with Crippen LogP contribution in [0.15, 0.2) is 24.3 Å². The quantitative estimate of drug-likeness (QED) is 0.739. The average Bonchev–Trinajstić information content (AvgIpc) is 2.39. The Hall–Kier alpha value is -0.610. The van der Waals surface area contributed by atoms with E-state index in [1.807, 2.05) is 31.2 Å². The highest BCUT2D eigenvalue weighted by Crippen LogP contribution is 2.28. The molecule has 0 aliphatic rings. The van der Waals surface area contributed by atoms with E-state index in [1.54, 1.807) is 7.11 Å². The van der Waals surface area contributed by atoms with Crippen LogP contribution in [0, 0.1) is 0 Å². The molecule has 1 aromatic rings. The van der Waals surface area contributed by atoms with Crippen molar-refractivity contribution in [2.45, 2.75) is 31.9 Å². The second kappa shape index (κ2) is 8.48. The van der Waals surface area contributed by atoms with Gasteiger partial charge in [0.1, 0.15) is 0 Å². The van der Waals surface area contributed by atoms with Crippen molar-refractivity contribution in [2.75, 3.05) is 20.3 Å². The van der Waals surface area contributed by atoms with Crippen LogP contribution in [0.2, 0.25) is 5.02 Å². The lowest BCUT2D eigenvalue weighted by Crippen LogP contribution is -2.30. The first kappa shape index (κ1) is 15.4. The molecule has 1 rings (SSSR count). The van der Waals surface area contributed by atoms with Crippen LogP contribution in [0.5, 0.6) is 0 Å². The molecule has 0 heterocycles. The molecule has 0 bridgehead atoms. The van der Waals surface area contributed by atoms with Gasteiger partial charge in [-0.15, -0.1) is 0 Å². The van der Waals surface area contributed by atoms with E-state index in [2.05, 4.69) is 0 Å². The summed E-state index contributed by atoms with van der Waals surface area (Å²) in [5.41, 5.74) is 7.08. The zero-order valence-electron chi connectivity index (χ0n) is 11.1. The number of ether oxygens (including phenoxy) is 2. The van der Waals surface area contributed by atoms with Gasteiger partial charge in [0.25, 0.3) is 0 Å². The number of methoxy groups -OCH3 is 1. The Morgan fingerprint density at radius 1 is 1.28 bits per heavy atom. The van der Waals surface area contributed by atoms with Crippen LogP contribution in [0.4, 0.5) is 0 Å². The average molecular weight is 272 g/mol. The van der Waals surface area contributed by atoms with Gasteiger partial charge in [0.15, 0.2) is 0 Å². The molecule has 0 saturated heterocycles. The number of benzene rings is 1. The Morgan fingerprint density at radius 3 is 2.61 bits per heavy atom. The largest absolute Gasteiger partial charge is 0.385 e. The maximum Gasteiger partial charge on any atom is 0.0989 e. The molecule has 0 aliphatic heterocycles. The van der Waals surface area contributed by atoms with E-state index >= 15 is 0 Å². The molecule has 18 heavy (non-hydrogen) atoms. The molecule has 0 fully saturated rings. The molecule has 0 radical (unpaired) electrons. The topological polar surface area (TPSA) is 44.5 Å². The number of hydrogen-bond acceptors (Lipinski definition) is 3. The third-order valence-corrected chi connectivity index (χ3v) is 3.21. The minimum absolute atomic E-state index is 0.0487. The van der Waals surface area contributed by atoms with Crippen molar-refractivity contribution in [2.24, 2.45) is 5.73 Å². The van der Waals surface area contributed by atoms with Gasteiger partial charge in [0.05, 0.1) is 6.10 Å². The van der Waals surface area contributed by atoms with Crippen molar-refractivity contribution < 1.29 is 9.47 Å². The Morgan fingerprint density at radius 2 is 2.00 bits per heavy atom. The Bertz CT molecular complexity index is 346. The summed E-state index contributed by atoms with van der Waals surface area (Å²) in [4.78, 5) is 0. The van der Waals surface area contributed by atoms with E-state index < -0.39 is 0 Å². The molecule has 1 aromatic carbocycles. The minimum atomic E-state index is -0.152. The summed E-state index contributed by atoms with van der Waals surface area (Å²) in [6, 6.07) is 7.65. The van der Waals surface area contributed by atoms with Crippen molar-refractivity contribution in [1.82, 2.24) is 0 Å². The van der Waals surface area contributed by atoms with Gasteiger partial charge in [-0.3, -0.25) is 0 Å². The standard InChI is InChI=1S/C14H22ClNO2/c1-3-13(16)14(18-10-6-9-17-2)11-7-4-5-8-12(11)15/h4-5,7-8,13-14H,3,6,9-10,16H2,1-2H3. The van der Waals surface area contributed by atoms with Gasteiger partial charge in [-0.05, 0) is 18.9 Å². The number of hydrogen-bond donors (Lipinski definition) is 1. The third-order valence-electron chi connectivity index (χ3n) is 2.86. The summed E-state index contributed by atoms with van der Waals surface area (Å²) in [5, 5.41) is 0.707. The lowest BCUT2D eigenvalue weighted by molar-refractivity contribution is 0.0223. The van der Waals surface area contributed by atoms with Gasteiger partial charge in [0.2, 0.25) is 0 Å². The lowest BCUT2D eigenvalue weighted by Gasteiger charge is -2.24. The predicted octanol–water partition coefficient (Wildman–Crippen LogP) is 3.17. The first-order chi connectivity index (χ1) is 8.70. The summed E-state index contributed by atoms with van der Waals surface area (Å²) in [5.74, 6) is 0. The molecule has 2 N–H and O–H groups in total. The normalized spacial score (nSPS) is 14.4. The Balaban J connectivity index is 2.69. The first-order valence-corrected chi connectivity index (χ1v) is 6.69. The van der Waals surface area contributed by atoms with E-state index in [4.69, 9.17) is 26.8 Å². The highest BCUT2D eigenvalue weighted by atomic mass is 35.5. The van der Waals surface area contributed by atoms with Gasteiger partial charge in [-0.25, -0.2) is 0 Å². The molecule has 0 aromatic heterocycles. The summed E-state index contributed by atoms with van der Waals surface area (Å²) in [6.45, 7) is 3.36. The second-order valence-corrected chi connectivity index (χ2v) is 4.64. The highest BCUT2D eigenvalue weighted by molar-refractivity contribution is 6.31. The van der Waals surface area contributed by atoms with Gasteiger partial charge >= 0.3 is 0 Å². The number of nitrogens with two attached hydrogens (primary N) is 1. The van der Waals surface area contributed by atoms with E-state index in [1.165, 1.54) is 0 Å². The van der Waals surface area contributed by atoms with Gasteiger partial charge in [0, 0.05) is 37.0 Å². The Kier molecular flexibility index (Phi) is 7.28. The number of halogens is 1. The predicted molar refractivity (Wildman–Crippen MR) is 74.9 cm³/mol. The SMILES string of the molecule is CCC(N)C(OCCCOC)c1ccccc1Cl. The third kappa shape index (κ3) is 4.58. The molecule has 4 heteroatoms. The van der Waals surface area contributed by atoms with Gasteiger partial charge in [-0.1, -0.05) is 36.7 Å². The maximum absolute atomic E-state index is 6.20. The smallest absolute Gasteiger partial charge is 0.0989 e. The van der Waals surface area contributed by atoms with Crippen molar-refractivity contribution in [1.29, 1.82) is 0 Å². The Labute approximate surface area is 114 Å². The van der Waals surface area contributed by atoms with Crippen LogP contribution in [-0.4, -0.2) is 26.4 Å². The summed E-state index contributed by atoms with van der Waals surface area (Å²) in [7, 11) is 1.68. The zero-order valence-corrected chi connectivity index (χ0v) is 11.8. The van der Waals surface area contributed by atoms with Crippen LogP contribution in [0.1, 0.15) is 31.4 Å². The van der Waals surface area contributed by atoms with E-state index in [9.17, 15) is 0 Å². The summed E-state index contributed by atoms with van der Waals surface area (Å²) < 4.78 is 10.9.